The third kappa shape index (κ3) is 6.42. The van der Waals surface area contributed by atoms with Gasteiger partial charge in [-0.3, -0.25) is 4.79 Å². The number of amides is 1. The summed E-state index contributed by atoms with van der Waals surface area (Å²) in [5.74, 6) is 1.43. The Bertz CT molecular complexity index is 604. The van der Waals surface area contributed by atoms with Crippen LogP contribution in [0.25, 0.3) is 6.08 Å². The molecule has 27 heavy (non-hydrogen) atoms. The van der Waals surface area contributed by atoms with Gasteiger partial charge in [0, 0.05) is 39.4 Å². The molecule has 0 aliphatic carbocycles. The van der Waals surface area contributed by atoms with E-state index in [2.05, 4.69) is 5.32 Å². The van der Waals surface area contributed by atoms with Gasteiger partial charge in [0.25, 0.3) is 0 Å². The molecule has 1 aromatic rings. The molecule has 2 rings (SSSR count). The lowest BCUT2D eigenvalue weighted by Gasteiger charge is -2.26. The van der Waals surface area contributed by atoms with Crippen LogP contribution in [-0.4, -0.2) is 78.3 Å². The first-order chi connectivity index (χ1) is 13.2. The van der Waals surface area contributed by atoms with Crippen molar-refractivity contribution in [2.75, 3.05) is 67.5 Å². The summed E-state index contributed by atoms with van der Waals surface area (Å²) in [5, 5.41) is 3.23. The van der Waals surface area contributed by atoms with Crippen molar-refractivity contribution in [1.82, 2.24) is 10.2 Å². The molecule has 0 radical (unpaired) electrons. The van der Waals surface area contributed by atoms with Gasteiger partial charge in [-0.05, 0) is 23.8 Å². The highest BCUT2D eigenvalue weighted by atomic mass is 16.7. The Morgan fingerprint density at radius 1 is 1.11 bits per heavy atom. The summed E-state index contributed by atoms with van der Waals surface area (Å²) in [4.78, 5) is 14.1. The number of piperazine rings is 1. The van der Waals surface area contributed by atoms with Crippen LogP contribution in [0, 0.1) is 0 Å². The summed E-state index contributed by atoms with van der Waals surface area (Å²) in [6.07, 6.45) is 3.31. The molecule has 0 spiro atoms. The Kier molecular flexibility index (Phi) is 8.90. The lowest BCUT2D eigenvalue weighted by atomic mass is 10.1. The number of benzene rings is 1. The fourth-order valence-electron chi connectivity index (χ4n) is 2.60. The first-order valence-corrected chi connectivity index (χ1v) is 8.82. The summed E-state index contributed by atoms with van der Waals surface area (Å²) in [6.45, 7) is 4.03. The van der Waals surface area contributed by atoms with Crippen LogP contribution in [0.2, 0.25) is 0 Å². The van der Waals surface area contributed by atoms with Crippen molar-refractivity contribution in [3.63, 3.8) is 0 Å². The number of ether oxygens (including phenoxy) is 5. The van der Waals surface area contributed by atoms with E-state index in [9.17, 15) is 4.79 Å². The molecule has 1 fully saturated rings. The summed E-state index contributed by atoms with van der Waals surface area (Å²) in [6, 6.07) is 3.57. The predicted octanol–water partition coefficient (Wildman–Crippen LogP) is 1.15. The summed E-state index contributed by atoms with van der Waals surface area (Å²) >= 11 is 0. The largest absolute Gasteiger partial charge is 0.493 e. The highest BCUT2D eigenvalue weighted by molar-refractivity contribution is 5.92. The van der Waals surface area contributed by atoms with Gasteiger partial charge in [-0.2, -0.15) is 0 Å². The highest BCUT2D eigenvalue weighted by Crippen LogP contribution is 2.38. The van der Waals surface area contributed by atoms with Gasteiger partial charge in [-0.25, -0.2) is 0 Å². The van der Waals surface area contributed by atoms with Gasteiger partial charge in [0.05, 0.1) is 27.4 Å². The summed E-state index contributed by atoms with van der Waals surface area (Å²) < 4.78 is 26.7. The SMILES string of the molecule is COCCOCOc1c(OC)cc(/C=C/C(=O)N2CCNCC2)cc1OC. The van der Waals surface area contributed by atoms with Gasteiger partial charge in [-0.15, -0.1) is 0 Å². The quantitative estimate of drug-likeness (QED) is 0.371. The van der Waals surface area contributed by atoms with E-state index < -0.39 is 0 Å². The van der Waals surface area contributed by atoms with Crippen molar-refractivity contribution in [2.24, 2.45) is 0 Å². The van der Waals surface area contributed by atoms with Crippen LogP contribution >= 0.6 is 0 Å². The molecule has 0 aromatic heterocycles. The molecule has 8 heteroatoms. The molecule has 0 unspecified atom stereocenters. The second-order valence-electron chi connectivity index (χ2n) is 5.83. The minimum atomic E-state index is -0.0127. The standard InChI is InChI=1S/C19H28N2O6/c1-23-10-11-26-14-27-19-16(24-2)12-15(13-17(19)25-3)4-5-18(22)21-8-6-20-7-9-21/h4-5,12-13,20H,6-11,14H2,1-3H3/b5-4+. The van der Waals surface area contributed by atoms with E-state index in [-0.39, 0.29) is 12.7 Å². The zero-order valence-electron chi connectivity index (χ0n) is 16.2. The van der Waals surface area contributed by atoms with Crippen LogP contribution in [0.4, 0.5) is 0 Å². The van der Waals surface area contributed by atoms with Gasteiger partial charge >= 0.3 is 0 Å². The van der Waals surface area contributed by atoms with E-state index in [1.54, 1.807) is 45.6 Å². The van der Waals surface area contributed by atoms with Crippen molar-refractivity contribution >= 4 is 12.0 Å². The van der Waals surface area contributed by atoms with Crippen molar-refractivity contribution in [3.05, 3.63) is 23.8 Å². The predicted molar refractivity (Wildman–Crippen MR) is 101 cm³/mol. The summed E-state index contributed by atoms with van der Waals surface area (Å²) in [7, 11) is 4.70. The zero-order chi connectivity index (χ0) is 19.5. The minimum absolute atomic E-state index is 0.0127. The average Bonchev–Trinajstić information content (AvgIpc) is 2.72. The number of rotatable bonds is 10. The van der Waals surface area contributed by atoms with Crippen molar-refractivity contribution in [3.8, 4) is 17.2 Å². The molecule has 150 valence electrons. The molecular formula is C19H28N2O6. The Hall–Kier alpha value is -2.29. The molecule has 0 saturated carbocycles. The first kappa shape index (κ1) is 21.0. The second kappa shape index (κ2) is 11.4. The molecule has 8 nitrogen and oxygen atoms in total. The molecule has 1 aliphatic heterocycles. The second-order valence-corrected chi connectivity index (χ2v) is 5.83. The maximum absolute atomic E-state index is 12.3. The fourth-order valence-corrected chi connectivity index (χ4v) is 2.60. The maximum atomic E-state index is 12.3. The van der Waals surface area contributed by atoms with E-state index in [1.165, 1.54) is 0 Å². The molecular weight excluding hydrogens is 352 g/mol. The monoisotopic (exact) mass is 380 g/mol. The van der Waals surface area contributed by atoms with Gasteiger partial charge in [0.1, 0.15) is 0 Å². The van der Waals surface area contributed by atoms with Gasteiger partial charge in [0.2, 0.25) is 11.7 Å². The number of nitrogens with one attached hydrogen (secondary N) is 1. The Morgan fingerprint density at radius 3 is 2.37 bits per heavy atom. The zero-order valence-corrected chi connectivity index (χ0v) is 16.2. The minimum Gasteiger partial charge on any atom is -0.493 e. The number of methoxy groups -OCH3 is 3. The van der Waals surface area contributed by atoms with E-state index in [0.717, 1.165) is 18.7 Å². The Labute approximate surface area is 160 Å². The van der Waals surface area contributed by atoms with Crippen molar-refractivity contribution < 1.29 is 28.5 Å². The van der Waals surface area contributed by atoms with Crippen molar-refractivity contribution in [2.45, 2.75) is 0 Å². The van der Waals surface area contributed by atoms with E-state index >= 15 is 0 Å². The number of nitrogens with zero attached hydrogens (tertiary/aromatic N) is 1. The molecule has 1 aliphatic rings. The van der Waals surface area contributed by atoms with Crippen LogP contribution in [0.15, 0.2) is 18.2 Å². The molecule has 1 saturated heterocycles. The molecule has 1 heterocycles. The molecule has 0 bridgehead atoms. The van der Waals surface area contributed by atoms with E-state index in [4.69, 9.17) is 23.7 Å². The molecule has 0 atom stereocenters. The average molecular weight is 380 g/mol. The van der Waals surface area contributed by atoms with E-state index in [0.29, 0.717) is 43.6 Å². The lowest BCUT2D eigenvalue weighted by Crippen LogP contribution is -2.45. The third-order valence-corrected chi connectivity index (χ3v) is 4.05. The fraction of sp³-hybridized carbons (Fsp3) is 0.526. The molecule has 1 amide bonds. The van der Waals surface area contributed by atoms with Gasteiger partial charge in [0.15, 0.2) is 18.3 Å². The number of carbonyl (C=O) groups excluding carboxylic acids is 1. The highest BCUT2D eigenvalue weighted by Gasteiger charge is 2.15. The maximum Gasteiger partial charge on any atom is 0.246 e. The lowest BCUT2D eigenvalue weighted by molar-refractivity contribution is -0.126. The van der Waals surface area contributed by atoms with Crippen LogP contribution in [0.1, 0.15) is 5.56 Å². The Balaban J connectivity index is 2.06. The molecule has 1 aromatic carbocycles. The van der Waals surface area contributed by atoms with E-state index in [1.807, 2.05) is 4.90 Å². The third-order valence-electron chi connectivity index (χ3n) is 4.05. The van der Waals surface area contributed by atoms with Gasteiger partial charge < -0.3 is 33.9 Å². The number of hydrogen-bond acceptors (Lipinski definition) is 7. The van der Waals surface area contributed by atoms with Gasteiger partial charge in [-0.1, -0.05) is 0 Å². The smallest absolute Gasteiger partial charge is 0.246 e. The van der Waals surface area contributed by atoms with Crippen LogP contribution in [-0.2, 0) is 14.3 Å². The van der Waals surface area contributed by atoms with Crippen LogP contribution in [0.3, 0.4) is 0 Å². The topological polar surface area (TPSA) is 78.5 Å². The molecule has 1 N–H and O–H groups in total. The Morgan fingerprint density at radius 2 is 1.78 bits per heavy atom. The number of hydrogen-bond donors (Lipinski definition) is 1. The number of carbonyl (C=O) groups is 1. The van der Waals surface area contributed by atoms with Crippen LogP contribution in [0.5, 0.6) is 17.2 Å². The van der Waals surface area contributed by atoms with Crippen molar-refractivity contribution in [1.29, 1.82) is 0 Å². The summed E-state index contributed by atoms with van der Waals surface area (Å²) in [5.41, 5.74) is 0.778. The normalized spacial score (nSPS) is 14.4. The first-order valence-electron chi connectivity index (χ1n) is 8.82. The van der Waals surface area contributed by atoms with Crippen LogP contribution < -0.4 is 19.5 Å².